The number of rotatable bonds is 4. The number of piperidine rings is 1. The first kappa shape index (κ1) is 14.5. The number of aromatic nitrogens is 1. The van der Waals surface area contributed by atoms with Crippen LogP contribution in [-0.2, 0) is 4.79 Å². The van der Waals surface area contributed by atoms with E-state index >= 15 is 0 Å². The molecule has 0 bridgehead atoms. The smallest absolute Gasteiger partial charge is 0.255 e. The van der Waals surface area contributed by atoms with Crippen LogP contribution in [0.4, 0.5) is 0 Å². The maximum atomic E-state index is 12.2. The number of nitrogens with zero attached hydrogens (tertiary/aromatic N) is 2. The number of amides is 2. The molecule has 0 radical (unpaired) electrons. The van der Waals surface area contributed by atoms with Gasteiger partial charge in [0.1, 0.15) is 0 Å². The minimum absolute atomic E-state index is 0.0501. The fourth-order valence-electron chi connectivity index (χ4n) is 2.40. The molecule has 0 aliphatic carbocycles. The van der Waals surface area contributed by atoms with E-state index in [9.17, 15) is 9.59 Å². The Kier molecular flexibility index (Phi) is 5.09. The van der Waals surface area contributed by atoms with Crippen molar-refractivity contribution in [3.8, 4) is 0 Å². The maximum absolute atomic E-state index is 12.2. The molecule has 0 saturated carbocycles. The van der Waals surface area contributed by atoms with Crippen molar-refractivity contribution in [2.24, 2.45) is 5.92 Å². The van der Waals surface area contributed by atoms with Gasteiger partial charge in [-0.2, -0.15) is 0 Å². The van der Waals surface area contributed by atoms with Crippen molar-refractivity contribution >= 4 is 11.8 Å². The van der Waals surface area contributed by atoms with Crippen molar-refractivity contribution in [1.82, 2.24) is 15.2 Å². The van der Waals surface area contributed by atoms with Crippen LogP contribution in [0.3, 0.4) is 0 Å². The van der Waals surface area contributed by atoms with Crippen LogP contribution in [0.1, 0.15) is 36.5 Å². The third-order valence-corrected chi connectivity index (χ3v) is 3.72. The lowest BCUT2D eigenvalue weighted by Crippen LogP contribution is -2.41. The van der Waals surface area contributed by atoms with E-state index < -0.39 is 0 Å². The number of carbonyl (C=O) groups is 2. The summed E-state index contributed by atoms with van der Waals surface area (Å²) in [4.78, 5) is 29.3. The molecule has 2 rings (SSSR count). The summed E-state index contributed by atoms with van der Waals surface area (Å²) in [5, 5.41) is 2.93. The SMILES string of the molecule is CCC(=O)NCC1CCN(C(=O)c2cccnc2)CC1. The minimum atomic E-state index is 0.0501. The topological polar surface area (TPSA) is 62.3 Å². The van der Waals surface area contributed by atoms with Gasteiger partial charge in [0, 0.05) is 38.4 Å². The Bertz CT molecular complexity index is 453. The molecule has 2 heterocycles. The summed E-state index contributed by atoms with van der Waals surface area (Å²) in [6, 6.07) is 3.57. The van der Waals surface area contributed by atoms with Crippen LogP contribution >= 0.6 is 0 Å². The van der Waals surface area contributed by atoms with E-state index in [0.29, 0.717) is 17.9 Å². The molecule has 1 fully saturated rings. The molecule has 1 saturated heterocycles. The second kappa shape index (κ2) is 7.03. The lowest BCUT2D eigenvalue weighted by molar-refractivity contribution is -0.121. The first-order valence-electron chi connectivity index (χ1n) is 7.16. The van der Waals surface area contributed by atoms with Gasteiger partial charge in [-0.3, -0.25) is 14.6 Å². The number of hydrogen-bond donors (Lipinski definition) is 1. The first-order chi connectivity index (χ1) is 9.70. The highest BCUT2D eigenvalue weighted by Crippen LogP contribution is 2.18. The minimum Gasteiger partial charge on any atom is -0.356 e. The van der Waals surface area contributed by atoms with Gasteiger partial charge in [0.2, 0.25) is 5.91 Å². The monoisotopic (exact) mass is 275 g/mol. The lowest BCUT2D eigenvalue weighted by atomic mass is 9.96. The molecule has 0 atom stereocenters. The lowest BCUT2D eigenvalue weighted by Gasteiger charge is -2.32. The number of pyridine rings is 1. The van der Waals surface area contributed by atoms with Crippen LogP contribution in [0, 0.1) is 5.92 Å². The zero-order valence-corrected chi connectivity index (χ0v) is 11.8. The Hall–Kier alpha value is -1.91. The predicted molar refractivity (Wildman–Crippen MR) is 76.2 cm³/mol. The van der Waals surface area contributed by atoms with Crippen molar-refractivity contribution in [1.29, 1.82) is 0 Å². The molecular weight excluding hydrogens is 254 g/mol. The summed E-state index contributed by atoms with van der Waals surface area (Å²) in [6.07, 6.45) is 5.68. The van der Waals surface area contributed by atoms with Crippen LogP contribution in [0.15, 0.2) is 24.5 Å². The van der Waals surface area contributed by atoms with E-state index in [2.05, 4.69) is 10.3 Å². The summed E-state index contributed by atoms with van der Waals surface area (Å²) >= 11 is 0. The Morgan fingerprint density at radius 1 is 1.40 bits per heavy atom. The molecule has 20 heavy (non-hydrogen) atoms. The van der Waals surface area contributed by atoms with Crippen LogP contribution < -0.4 is 5.32 Å². The van der Waals surface area contributed by atoms with E-state index in [1.54, 1.807) is 24.5 Å². The molecule has 1 aromatic heterocycles. The van der Waals surface area contributed by atoms with Crippen LogP contribution in [0.2, 0.25) is 0 Å². The van der Waals surface area contributed by atoms with Crippen molar-refractivity contribution in [2.45, 2.75) is 26.2 Å². The third kappa shape index (κ3) is 3.79. The molecule has 2 amide bonds. The van der Waals surface area contributed by atoms with Crippen LogP contribution in [0.5, 0.6) is 0 Å². The van der Waals surface area contributed by atoms with Gasteiger partial charge in [-0.05, 0) is 30.9 Å². The summed E-state index contributed by atoms with van der Waals surface area (Å²) in [6.45, 7) is 4.08. The molecule has 1 aromatic rings. The van der Waals surface area contributed by atoms with Crippen LogP contribution in [0.25, 0.3) is 0 Å². The van der Waals surface area contributed by atoms with Crippen molar-refractivity contribution in [2.75, 3.05) is 19.6 Å². The highest BCUT2D eigenvalue weighted by atomic mass is 16.2. The van der Waals surface area contributed by atoms with Gasteiger partial charge in [0.05, 0.1) is 5.56 Å². The first-order valence-corrected chi connectivity index (χ1v) is 7.16. The molecule has 0 aromatic carbocycles. The average Bonchev–Trinajstić information content (AvgIpc) is 2.53. The van der Waals surface area contributed by atoms with E-state index in [1.807, 2.05) is 11.8 Å². The third-order valence-electron chi connectivity index (χ3n) is 3.72. The van der Waals surface area contributed by atoms with Gasteiger partial charge < -0.3 is 10.2 Å². The number of hydrogen-bond acceptors (Lipinski definition) is 3. The number of carbonyl (C=O) groups excluding carboxylic acids is 2. The summed E-state index contributed by atoms with van der Waals surface area (Å²) in [5.74, 6) is 0.622. The van der Waals surface area contributed by atoms with E-state index in [4.69, 9.17) is 0 Å². The van der Waals surface area contributed by atoms with Gasteiger partial charge in [-0.25, -0.2) is 0 Å². The fourth-order valence-corrected chi connectivity index (χ4v) is 2.40. The second-order valence-corrected chi connectivity index (χ2v) is 5.13. The van der Waals surface area contributed by atoms with Crippen molar-refractivity contribution in [3.63, 3.8) is 0 Å². The van der Waals surface area contributed by atoms with Crippen LogP contribution in [-0.4, -0.2) is 41.3 Å². The average molecular weight is 275 g/mol. The standard InChI is InChI=1S/C15H21N3O2/c1-2-14(19)17-10-12-5-8-18(9-6-12)15(20)13-4-3-7-16-11-13/h3-4,7,11-12H,2,5-6,8-10H2,1H3,(H,17,19). The quantitative estimate of drug-likeness (QED) is 0.905. The second-order valence-electron chi connectivity index (χ2n) is 5.13. The van der Waals surface area contributed by atoms with Gasteiger partial charge in [-0.15, -0.1) is 0 Å². The normalized spacial score (nSPS) is 15.9. The Labute approximate surface area is 119 Å². The van der Waals surface area contributed by atoms with Gasteiger partial charge >= 0.3 is 0 Å². The highest BCUT2D eigenvalue weighted by molar-refractivity contribution is 5.93. The summed E-state index contributed by atoms with van der Waals surface area (Å²) in [7, 11) is 0. The van der Waals surface area contributed by atoms with E-state index in [1.165, 1.54) is 0 Å². The highest BCUT2D eigenvalue weighted by Gasteiger charge is 2.23. The largest absolute Gasteiger partial charge is 0.356 e. The fraction of sp³-hybridized carbons (Fsp3) is 0.533. The molecule has 5 heteroatoms. The molecule has 0 unspecified atom stereocenters. The zero-order chi connectivity index (χ0) is 14.4. The molecule has 5 nitrogen and oxygen atoms in total. The molecule has 1 aliphatic rings. The Morgan fingerprint density at radius 2 is 2.15 bits per heavy atom. The molecule has 1 aliphatic heterocycles. The summed E-state index contributed by atoms with van der Waals surface area (Å²) < 4.78 is 0. The number of likely N-dealkylation sites (tertiary alicyclic amines) is 1. The van der Waals surface area contributed by atoms with Gasteiger partial charge in [0.25, 0.3) is 5.91 Å². The van der Waals surface area contributed by atoms with Gasteiger partial charge in [0.15, 0.2) is 0 Å². The molecule has 1 N–H and O–H groups in total. The van der Waals surface area contributed by atoms with E-state index in [0.717, 1.165) is 32.5 Å². The van der Waals surface area contributed by atoms with Crippen molar-refractivity contribution in [3.05, 3.63) is 30.1 Å². The Balaban J connectivity index is 1.79. The van der Waals surface area contributed by atoms with E-state index in [-0.39, 0.29) is 11.8 Å². The molecular formula is C15H21N3O2. The zero-order valence-electron chi connectivity index (χ0n) is 11.8. The Morgan fingerprint density at radius 3 is 2.75 bits per heavy atom. The molecule has 108 valence electrons. The number of nitrogens with one attached hydrogen (secondary N) is 1. The molecule has 0 spiro atoms. The predicted octanol–water partition coefficient (Wildman–Crippen LogP) is 1.46. The summed E-state index contributed by atoms with van der Waals surface area (Å²) in [5.41, 5.74) is 0.644. The maximum Gasteiger partial charge on any atom is 0.255 e. The van der Waals surface area contributed by atoms with Crippen molar-refractivity contribution < 1.29 is 9.59 Å². The van der Waals surface area contributed by atoms with Gasteiger partial charge in [-0.1, -0.05) is 6.92 Å².